The highest BCUT2D eigenvalue weighted by Crippen LogP contribution is 2.43. The molecule has 1 N–H and O–H groups in total. The van der Waals surface area contributed by atoms with E-state index in [1.165, 1.54) is 5.69 Å². The Kier molecular flexibility index (Phi) is 6.46. The summed E-state index contributed by atoms with van der Waals surface area (Å²) in [5.41, 5.74) is 4.13. The number of pyridine rings is 1. The Morgan fingerprint density at radius 1 is 1.16 bits per heavy atom. The molecule has 0 spiro atoms. The maximum absolute atomic E-state index is 6.54. The molecule has 0 aliphatic carbocycles. The average Bonchev–Trinajstić information content (AvgIpc) is 3.28. The zero-order valence-corrected chi connectivity index (χ0v) is 19.3. The van der Waals surface area contributed by atoms with Crippen LogP contribution in [0.3, 0.4) is 0 Å². The Bertz CT molecular complexity index is 1070. The molecule has 1 aromatic carbocycles. The molecule has 0 radical (unpaired) electrons. The van der Waals surface area contributed by atoms with Crippen LogP contribution in [0.15, 0.2) is 54.7 Å². The van der Waals surface area contributed by atoms with Crippen LogP contribution < -0.4 is 15.0 Å². The minimum absolute atomic E-state index is 0.0857. The number of aryl methyl sites for hydroxylation is 1. The number of anilines is 1. The normalized spacial score (nSPS) is 18.3. The summed E-state index contributed by atoms with van der Waals surface area (Å²) in [6.07, 6.45) is 1.80. The smallest absolute Gasteiger partial charge is 0.174 e. The van der Waals surface area contributed by atoms with Crippen molar-refractivity contribution in [3.05, 3.63) is 76.8 Å². The number of thiocarbonyl (C=S) groups is 1. The molecule has 1 aliphatic heterocycles. The van der Waals surface area contributed by atoms with Crippen LogP contribution >= 0.6 is 23.8 Å². The van der Waals surface area contributed by atoms with Crippen molar-refractivity contribution in [2.24, 2.45) is 7.05 Å². The van der Waals surface area contributed by atoms with Gasteiger partial charge in [0.1, 0.15) is 18.4 Å². The molecule has 0 amide bonds. The molecule has 1 fully saturated rings. The monoisotopic (exact) mass is 456 g/mol. The van der Waals surface area contributed by atoms with Gasteiger partial charge in [0.05, 0.1) is 23.4 Å². The van der Waals surface area contributed by atoms with Crippen molar-refractivity contribution in [1.29, 1.82) is 0 Å². The van der Waals surface area contributed by atoms with Gasteiger partial charge in [0.25, 0.3) is 0 Å². The third-order valence-electron chi connectivity index (χ3n) is 5.55. The van der Waals surface area contributed by atoms with Crippen LogP contribution in [0.2, 0.25) is 5.02 Å². The van der Waals surface area contributed by atoms with Crippen LogP contribution in [-0.2, 0) is 11.8 Å². The zero-order chi connectivity index (χ0) is 22.0. The summed E-state index contributed by atoms with van der Waals surface area (Å²) in [7, 11) is 3.71. The van der Waals surface area contributed by atoms with E-state index in [0.717, 1.165) is 17.1 Å². The molecule has 1 aliphatic rings. The number of halogens is 1. The van der Waals surface area contributed by atoms with Gasteiger partial charge in [0, 0.05) is 37.4 Å². The number of benzene rings is 1. The van der Waals surface area contributed by atoms with Crippen molar-refractivity contribution < 1.29 is 9.47 Å². The number of methoxy groups -OCH3 is 1. The lowest BCUT2D eigenvalue weighted by Crippen LogP contribution is -2.30. The Balaban J connectivity index is 1.74. The lowest BCUT2D eigenvalue weighted by atomic mass is 10.0. The van der Waals surface area contributed by atoms with Crippen molar-refractivity contribution >= 4 is 34.6 Å². The van der Waals surface area contributed by atoms with Crippen LogP contribution in [0, 0.1) is 6.92 Å². The zero-order valence-electron chi connectivity index (χ0n) is 17.7. The maximum Gasteiger partial charge on any atom is 0.174 e. The lowest BCUT2D eigenvalue weighted by Gasteiger charge is -2.29. The van der Waals surface area contributed by atoms with Crippen LogP contribution in [0.5, 0.6) is 5.75 Å². The topological polar surface area (TPSA) is 51.6 Å². The van der Waals surface area contributed by atoms with Gasteiger partial charge < -0.3 is 24.3 Å². The predicted octanol–water partition coefficient (Wildman–Crippen LogP) is 4.58. The van der Waals surface area contributed by atoms with E-state index >= 15 is 0 Å². The largest absolute Gasteiger partial charge is 0.490 e. The summed E-state index contributed by atoms with van der Waals surface area (Å²) in [6, 6.07) is 15.7. The average molecular weight is 457 g/mol. The van der Waals surface area contributed by atoms with Crippen molar-refractivity contribution in [3.63, 3.8) is 0 Å². The highest BCUT2D eigenvalue weighted by atomic mass is 35.5. The molecule has 6 nitrogen and oxygen atoms in total. The van der Waals surface area contributed by atoms with E-state index in [2.05, 4.69) is 45.9 Å². The first-order valence-corrected chi connectivity index (χ1v) is 10.8. The van der Waals surface area contributed by atoms with Gasteiger partial charge in [-0.05, 0) is 61.6 Å². The summed E-state index contributed by atoms with van der Waals surface area (Å²) >= 11 is 12.3. The van der Waals surface area contributed by atoms with Gasteiger partial charge in [-0.2, -0.15) is 0 Å². The van der Waals surface area contributed by atoms with Crippen LogP contribution in [0.4, 0.5) is 5.69 Å². The van der Waals surface area contributed by atoms with Crippen molar-refractivity contribution in [2.75, 3.05) is 25.2 Å². The number of hydrogen-bond acceptors (Lipinski definition) is 4. The lowest BCUT2D eigenvalue weighted by molar-refractivity contribution is 0.146. The Hall–Kier alpha value is -2.61. The molecule has 162 valence electrons. The summed E-state index contributed by atoms with van der Waals surface area (Å²) in [4.78, 5) is 6.70. The first kappa shape index (κ1) is 21.6. The summed E-state index contributed by atoms with van der Waals surface area (Å²) < 4.78 is 12.9. The second-order valence-corrected chi connectivity index (χ2v) is 8.21. The molecule has 2 atom stereocenters. The standard InChI is InChI=1S/C23H25ClN4O2S/c1-15-7-9-19(27(15)2)22-21(18-6-4-5-11-25-18)26-23(31)28(22)16-8-10-20(17(24)14-16)30-13-12-29-3/h4-11,14,21-22H,12-13H2,1-3H3,(H,26,31)/t21-,22+/m0/s1. The van der Waals surface area contributed by atoms with Gasteiger partial charge in [0.2, 0.25) is 0 Å². The predicted molar refractivity (Wildman–Crippen MR) is 127 cm³/mol. The third-order valence-corrected chi connectivity index (χ3v) is 6.16. The van der Waals surface area contributed by atoms with Gasteiger partial charge >= 0.3 is 0 Å². The highest BCUT2D eigenvalue weighted by Gasteiger charge is 2.42. The minimum Gasteiger partial charge on any atom is -0.490 e. The highest BCUT2D eigenvalue weighted by molar-refractivity contribution is 7.80. The quantitative estimate of drug-likeness (QED) is 0.414. The number of hydrogen-bond donors (Lipinski definition) is 1. The molecule has 4 rings (SSSR count). The molecule has 8 heteroatoms. The molecule has 0 unspecified atom stereocenters. The first-order chi connectivity index (χ1) is 15.0. The number of ether oxygens (including phenoxy) is 2. The fourth-order valence-corrected chi connectivity index (χ4v) is 4.43. The molecule has 0 saturated carbocycles. The summed E-state index contributed by atoms with van der Waals surface area (Å²) in [6.45, 7) is 3.03. The van der Waals surface area contributed by atoms with E-state index in [-0.39, 0.29) is 12.1 Å². The van der Waals surface area contributed by atoms with E-state index in [9.17, 15) is 0 Å². The molecule has 1 saturated heterocycles. The number of nitrogens with zero attached hydrogens (tertiary/aromatic N) is 3. The Labute approximate surface area is 192 Å². The van der Waals surface area contributed by atoms with Gasteiger partial charge in [0.15, 0.2) is 5.11 Å². The van der Waals surface area contributed by atoms with Gasteiger partial charge in [-0.25, -0.2) is 0 Å². The minimum atomic E-state index is -0.0990. The SMILES string of the molecule is COCCOc1ccc(N2C(=S)N[C@@H](c3ccccn3)[C@H]2c2ccc(C)n2C)cc1Cl. The van der Waals surface area contributed by atoms with E-state index < -0.39 is 0 Å². The van der Waals surface area contributed by atoms with E-state index in [0.29, 0.717) is 29.1 Å². The Morgan fingerprint density at radius 2 is 2.00 bits per heavy atom. The fourth-order valence-electron chi connectivity index (χ4n) is 3.86. The summed E-state index contributed by atoms with van der Waals surface area (Å²) in [5, 5.41) is 4.63. The fraction of sp³-hybridized carbons (Fsp3) is 0.304. The molecule has 2 aromatic heterocycles. The van der Waals surface area contributed by atoms with Crippen LogP contribution in [0.1, 0.15) is 29.2 Å². The summed E-state index contributed by atoms with van der Waals surface area (Å²) in [5.74, 6) is 0.619. The van der Waals surface area contributed by atoms with Gasteiger partial charge in [-0.15, -0.1) is 0 Å². The van der Waals surface area contributed by atoms with Crippen molar-refractivity contribution in [2.45, 2.75) is 19.0 Å². The molecule has 31 heavy (non-hydrogen) atoms. The van der Waals surface area contributed by atoms with Crippen molar-refractivity contribution in [1.82, 2.24) is 14.9 Å². The van der Waals surface area contributed by atoms with Crippen LogP contribution in [0.25, 0.3) is 0 Å². The number of aromatic nitrogens is 2. The molecule has 3 aromatic rings. The Morgan fingerprint density at radius 3 is 2.65 bits per heavy atom. The first-order valence-electron chi connectivity index (χ1n) is 10.1. The molecule has 0 bridgehead atoms. The van der Waals surface area contributed by atoms with Gasteiger partial charge in [-0.3, -0.25) is 4.98 Å². The third kappa shape index (κ3) is 4.26. The second-order valence-electron chi connectivity index (χ2n) is 7.41. The second kappa shape index (κ2) is 9.26. The molecule has 3 heterocycles. The van der Waals surface area contributed by atoms with E-state index in [1.54, 1.807) is 13.3 Å². The van der Waals surface area contributed by atoms with Crippen molar-refractivity contribution in [3.8, 4) is 5.75 Å². The van der Waals surface area contributed by atoms with E-state index in [1.807, 2.05) is 36.4 Å². The van der Waals surface area contributed by atoms with Gasteiger partial charge in [-0.1, -0.05) is 17.7 Å². The molecular weight excluding hydrogens is 432 g/mol. The van der Waals surface area contributed by atoms with Crippen LogP contribution in [-0.4, -0.2) is 35.0 Å². The number of nitrogens with one attached hydrogen (secondary N) is 1. The molecular formula is C23H25ClN4O2S. The maximum atomic E-state index is 6.54. The van der Waals surface area contributed by atoms with E-state index in [4.69, 9.17) is 33.3 Å². The number of rotatable bonds is 7.